The molecule has 0 saturated carbocycles. The fraction of sp³-hybridized carbons (Fsp3) is 0.538. The van der Waals surface area contributed by atoms with Gasteiger partial charge in [0.1, 0.15) is 17.3 Å². The second kappa shape index (κ2) is 6.25. The summed E-state index contributed by atoms with van der Waals surface area (Å²) in [5, 5.41) is 12.4. The molecule has 0 aliphatic carbocycles. The van der Waals surface area contributed by atoms with Crippen molar-refractivity contribution in [3.8, 4) is 0 Å². The van der Waals surface area contributed by atoms with Gasteiger partial charge in [-0.15, -0.1) is 10.2 Å². The van der Waals surface area contributed by atoms with Crippen molar-refractivity contribution in [2.45, 2.75) is 44.3 Å². The Bertz CT molecular complexity index is 532. The van der Waals surface area contributed by atoms with Gasteiger partial charge in [0, 0.05) is 13.1 Å². The first-order chi connectivity index (χ1) is 9.06. The maximum Gasteiger partial charge on any atom is 0.191 e. The van der Waals surface area contributed by atoms with Gasteiger partial charge in [-0.2, -0.15) is 0 Å². The first-order valence-electron chi connectivity index (χ1n) is 6.36. The van der Waals surface area contributed by atoms with Crippen LogP contribution in [0.1, 0.15) is 31.2 Å². The van der Waals surface area contributed by atoms with Crippen LogP contribution in [-0.4, -0.2) is 20.8 Å². The highest BCUT2D eigenvalue weighted by Gasteiger charge is 2.08. The third-order valence-electron chi connectivity index (χ3n) is 2.80. The number of furan rings is 1. The summed E-state index contributed by atoms with van der Waals surface area (Å²) in [5.74, 6) is 3.63. The van der Waals surface area contributed by atoms with Crippen LogP contribution in [0, 0.1) is 6.92 Å². The minimum atomic E-state index is 0.463. The molecule has 0 aliphatic heterocycles. The molecule has 0 unspecified atom stereocenters. The van der Waals surface area contributed by atoms with Crippen molar-refractivity contribution in [2.75, 3.05) is 0 Å². The van der Waals surface area contributed by atoms with Crippen LogP contribution in [0.5, 0.6) is 0 Å². The Morgan fingerprint density at radius 2 is 2.05 bits per heavy atom. The smallest absolute Gasteiger partial charge is 0.191 e. The molecule has 2 rings (SSSR count). The molecule has 2 aromatic heterocycles. The molecule has 0 atom stereocenters. The van der Waals surface area contributed by atoms with Gasteiger partial charge in [-0.25, -0.2) is 0 Å². The fourth-order valence-electron chi connectivity index (χ4n) is 1.55. The standard InChI is InChI=1S/C13H20N4OS/c1-9(2)14-7-11-5-6-12(18-11)8-19-13-16-15-10(3)17(13)4/h5-6,9,14H,7-8H2,1-4H3. The zero-order chi connectivity index (χ0) is 13.8. The number of nitrogens with one attached hydrogen (secondary N) is 1. The molecule has 0 fully saturated rings. The van der Waals surface area contributed by atoms with Crippen LogP contribution in [0.3, 0.4) is 0 Å². The van der Waals surface area contributed by atoms with Crippen LogP contribution < -0.4 is 5.32 Å². The number of rotatable bonds is 6. The van der Waals surface area contributed by atoms with E-state index in [4.69, 9.17) is 4.42 Å². The Kier molecular flexibility index (Phi) is 4.66. The van der Waals surface area contributed by atoms with Crippen molar-refractivity contribution < 1.29 is 4.42 Å². The number of hydrogen-bond acceptors (Lipinski definition) is 5. The van der Waals surface area contributed by atoms with Crippen LogP contribution in [0.25, 0.3) is 0 Å². The molecule has 2 aromatic rings. The molecule has 6 heteroatoms. The lowest BCUT2D eigenvalue weighted by atomic mass is 10.3. The lowest BCUT2D eigenvalue weighted by molar-refractivity contribution is 0.445. The van der Waals surface area contributed by atoms with Crippen molar-refractivity contribution in [3.05, 3.63) is 29.5 Å². The van der Waals surface area contributed by atoms with E-state index in [1.54, 1.807) is 11.8 Å². The molecule has 104 valence electrons. The molecule has 5 nitrogen and oxygen atoms in total. The van der Waals surface area contributed by atoms with Crippen molar-refractivity contribution in [1.29, 1.82) is 0 Å². The molecule has 0 amide bonds. The Morgan fingerprint density at radius 1 is 1.32 bits per heavy atom. The summed E-state index contributed by atoms with van der Waals surface area (Å²) < 4.78 is 7.74. The van der Waals surface area contributed by atoms with E-state index in [-0.39, 0.29) is 0 Å². The summed E-state index contributed by atoms with van der Waals surface area (Å²) in [4.78, 5) is 0. The van der Waals surface area contributed by atoms with Gasteiger partial charge in [0.25, 0.3) is 0 Å². The molecule has 0 saturated heterocycles. The molecule has 0 spiro atoms. The van der Waals surface area contributed by atoms with E-state index in [0.29, 0.717) is 6.04 Å². The molecule has 2 heterocycles. The zero-order valence-corrected chi connectivity index (χ0v) is 12.6. The van der Waals surface area contributed by atoms with Crippen molar-refractivity contribution in [2.24, 2.45) is 7.05 Å². The van der Waals surface area contributed by atoms with E-state index in [0.717, 1.165) is 34.8 Å². The van der Waals surface area contributed by atoms with E-state index in [2.05, 4.69) is 29.4 Å². The van der Waals surface area contributed by atoms with Gasteiger partial charge in [-0.1, -0.05) is 25.6 Å². The predicted molar refractivity (Wildman–Crippen MR) is 76.0 cm³/mol. The number of aromatic nitrogens is 3. The predicted octanol–water partition coefficient (Wildman–Crippen LogP) is 2.51. The topological polar surface area (TPSA) is 55.9 Å². The van der Waals surface area contributed by atoms with E-state index >= 15 is 0 Å². The van der Waals surface area contributed by atoms with Gasteiger partial charge in [0.2, 0.25) is 0 Å². The molecule has 0 aromatic carbocycles. The Balaban J connectivity index is 1.88. The van der Waals surface area contributed by atoms with Gasteiger partial charge in [0.15, 0.2) is 5.16 Å². The largest absolute Gasteiger partial charge is 0.464 e. The summed E-state index contributed by atoms with van der Waals surface area (Å²) in [6, 6.07) is 4.50. The molecule has 0 radical (unpaired) electrons. The number of hydrogen-bond donors (Lipinski definition) is 1. The summed E-state index contributed by atoms with van der Waals surface area (Å²) in [6.45, 7) is 6.96. The molecule has 0 bridgehead atoms. The van der Waals surface area contributed by atoms with Crippen LogP contribution in [0.15, 0.2) is 21.7 Å². The summed E-state index contributed by atoms with van der Waals surface area (Å²) in [7, 11) is 1.97. The van der Waals surface area contributed by atoms with E-state index < -0.39 is 0 Å². The zero-order valence-electron chi connectivity index (χ0n) is 11.8. The van der Waals surface area contributed by atoms with Crippen LogP contribution in [-0.2, 0) is 19.3 Å². The maximum absolute atomic E-state index is 5.76. The summed E-state index contributed by atoms with van der Waals surface area (Å²) in [6.07, 6.45) is 0. The third kappa shape index (κ3) is 3.84. The SMILES string of the molecule is Cc1nnc(SCc2ccc(CNC(C)C)o2)n1C. The van der Waals surface area contributed by atoms with Crippen LogP contribution in [0.2, 0.25) is 0 Å². The lowest BCUT2D eigenvalue weighted by Gasteiger charge is -2.05. The van der Waals surface area contributed by atoms with E-state index in [1.165, 1.54) is 0 Å². The minimum absolute atomic E-state index is 0.463. The first kappa shape index (κ1) is 14.1. The lowest BCUT2D eigenvalue weighted by Crippen LogP contribution is -2.21. The first-order valence-corrected chi connectivity index (χ1v) is 7.34. The maximum atomic E-state index is 5.76. The van der Waals surface area contributed by atoms with E-state index in [1.807, 2.05) is 30.7 Å². The molecule has 1 N–H and O–H groups in total. The van der Waals surface area contributed by atoms with Gasteiger partial charge in [-0.05, 0) is 19.1 Å². The van der Waals surface area contributed by atoms with E-state index in [9.17, 15) is 0 Å². The number of aryl methyl sites for hydroxylation is 1. The fourth-order valence-corrected chi connectivity index (χ4v) is 2.40. The Morgan fingerprint density at radius 3 is 2.68 bits per heavy atom. The second-order valence-corrected chi connectivity index (χ2v) is 5.72. The highest BCUT2D eigenvalue weighted by molar-refractivity contribution is 7.98. The number of nitrogens with zero attached hydrogens (tertiary/aromatic N) is 3. The Hall–Kier alpha value is -1.27. The molecular formula is C13H20N4OS. The van der Waals surface area contributed by atoms with Gasteiger partial charge >= 0.3 is 0 Å². The average Bonchev–Trinajstić information content (AvgIpc) is 2.94. The number of thioether (sulfide) groups is 1. The van der Waals surface area contributed by atoms with Crippen molar-refractivity contribution in [3.63, 3.8) is 0 Å². The van der Waals surface area contributed by atoms with Crippen LogP contribution in [0.4, 0.5) is 0 Å². The third-order valence-corrected chi connectivity index (χ3v) is 3.84. The van der Waals surface area contributed by atoms with Crippen molar-refractivity contribution >= 4 is 11.8 Å². The van der Waals surface area contributed by atoms with Crippen molar-refractivity contribution in [1.82, 2.24) is 20.1 Å². The summed E-state index contributed by atoms with van der Waals surface area (Å²) in [5.41, 5.74) is 0. The van der Waals surface area contributed by atoms with Gasteiger partial charge in [-0.3, -0.25) is 0 Å². The Labute approximate surface area is 117 Å². The van der Waals surface area contributed by atoms with Crippen LogP contribution >= 0.6 is 11.8 Å². The average molecular weight is 280 g/mol. The van der Waals surface area contributed by atoms with Gasteiger partial charge in [0.05, 0.1) is 12.3 Å². The minimum Gasteiger partial charge on any atom is -0.464 e. The molecular weight excluding hydrogens is 260 g/mol. The molecule has 19 heavy (non-hydrogen) atoms. The summed E-state index contributed by atoms with van der Waals surface area (Å²) >= 11 is 1.63. The highest BCUT2D eigenvalue weighted by Crippen LogP contribution is 2.22. The quantitative estimate of drug-likeness (QED) is 0.824. The monoisotopic (exact) mass is 280 g/mol. The molecule has 0 aliphatic rings. The van der Waals surface area contributed by atoms with Gasteiger partial charge < -0.3 is 14.3 Å². The highest BCUT2D eigenvalue weighted by atomic mass is 32.2. The normalized spacial score (nSPS) is 11.4. The second-order valence-electron chi connectivity index (χ2n) is 4.78.